The minimum absolute atomic E-state index is 0.00374. The predicted molar refractivity (Wildman–Crippen MR) is 176 cm³/mol. The second kappa shape index (κ2) is 7.98. The van der Waals surface area contributed by atoms with Crippen LogP contribution in [-0.2, 0) is 16.2 Å². The summed E-state index contributed by atoms with van der Waals surface area (Å²) in [5, 5.41) is 3.20. The third-order valence-corrected chi connectivity index (χ3v) is 11.2. The maximum atomic E-state index is 5.52. The summed E-state index contributed by atoms with van der Waals surface area (Å²) in [6.45, 7) is 21.1. The van der Waals surface area contributed by atoms with Gasteiger partial charge in [0.15, 0.2) is 0 Å². The number of fused-ring (bicyclic) bond motifs is 9. The van der Waals surface area contributed by atoms with E-state index in [0.29, 0.717) is 0 Å². The molecule has 0 amide bonds. The highest BCUT2D eigenvalue weighted by molar-refractivity contribution is 6.10. The van der Waals surface area contributed by atoms with Crippen LogP contribution in [0.2, 0.25) is 0 Å². The number of imidazole rings is 1. The molecular weight excluding hydrogens is 528 g/mol. The maximum absolute atomic E-state index is 5.52. The van der Waals surface area contributed by atoms with E-state index in [4.69, 9.17) is 9.97 Å². The zero-order valence-corrected chi connectivity index (χ0v) is 26.5. The van der Waals surface area contributed by atoms with Crippen molar-refractivity contribution in [1.82, 2.24) is 28.9 Å². The number of rotatable bonds is 1. The Morgan fingerprint density at radius 1 is 0.674 bits per heavy atom. The summed E-state index contributed by atoms with van der Waals surface area (Å²) in [7, 11) is 0. The molecule has 0 saturated carbocycles. The van der Waals surface area contributed by atoms with E-state index in [1.165, 1.54) is 11.1 Å². The lowest BCUT2D eigenvalue weighted by Crippen LogP contribution is -2.42. The molecule has 5 aromatic heterocycles. The van der Waals surface area contributed by atoms with Gasteiger partial charge in [0.2, 0.25) is 0 Å². The second-order valence-corrected chi connectivity index (χ2v) is 15.0. The van der Waals surface area contributed by atoms with Crippen molar-refractivity contribution in [3.63, 3.8) is 0 Å². The number of nitrogens with zero attached hydrogens (tertiary/aromatic N) is 6. The number of hydrogen-bond donors (Lipinski definition) is 0. The quantitative estimate of drug-likeness (QED) is 0.199. The van der Waals surface area contributed by atoms with Crippen LogP contribution in [0.15, 0.2) is 67.3 Å². The molecule has 0 bridgehead atoms. The number of hydrogen-bond acceptors (Lipinski definition) is 4. The van der Waals surface area contributed by atoms with E-state index < -0.39 is 0 Å². The van der Waals surface area contributed by atoms with E-state index in [0.717, 1.165) is 60.9 Å². The lowest BCUT2D eigenvalue weighted by atomic mass is 9.59. The number of aromatic nitrogens is 6. The first-order chi connectivity index (χ1) is 20.2. The number of para-hydroxylation sites is 1. The Bertz CT molecular complexity index is 2250. The molecule has 216 valence electrons. The summed E-state index contributed by atoms with van der Waals surface area (Å²) in [4.78, 5) is 19.8. The minimum Gasteiger partial charge on any atom is -0.307 e. The topological polar surface area (TPSA) is 60.9 Å². The van der Waals surface area contributed by atoms with E-state index >= 15 is 0 Å². The van der Waals surface area contributed by atoms with Gasteiger partial charge in [-0.1, -0.05) is 68.4 Å². The van der Waals surface area contributed by atoms with Crippen LogP contribution in [0.1, 0.15) is 79.3 Å². The van der Waals surface area contributed by atoms with Gasteiger partial charge in [-0.3, -0.25) is 14.4 Å². The Morgan fingerprint density at radius 3 is 1.88 bits per heavy atom. The lowest BCUT2D eigenvalue weighted by Gasteiger charge is -2.44. The predicted octanol–water partition coefficient (Wildman–Crippen LogP) is 8.82. The normalized spacial score (nSPS) is 17.5. The molecule has 0 atom stereocenters. The van der Waals surface area contributed by atoms with Crippen molar-refractivity contribution in [2.24, 2.45) is 5.41 Å². The molecule has 1 aliphatic carbocycles. The largest absolute Gasteiger partial charge is 0.307 e. The summed E-state index contributed by atoms with van der Waals surface area (Å²) in [6.07, 6.45) is 7.57. The van der Waals surface area contributed by atoms with Gasteiger partial charge in [-0.25, -0.2) is 9.97 Å². The van der Waals surface area contributed by atoms with Gasteiger partial charge in [-0.05, 0) is 63.8 Å². The van der Waals surface area contributed by atoms with Gasteiger partial charge in [0, 0.05) is 46.4 Å². The lowest BCUT2D eigenvalue weighted by molar-refractivity contribution is 0.125. The molecule has 43 heavy (non-hydrogen) atoms. The summed E-state index contributed by atoms with van der Waals surface area (Å²) < 4.78 is 4.63. The van der Waals surface area contributed by atoms with Crippen molar-refractivity contribution in [1.29, 1.82) is 0 Å². The average molecular weight is 567 g/mol. The molecule has 0 unspecified atom stereocenters. The molecule has 1 aliphatic rings. The summed E-state index contributed by atoms with van der Waals surface area (Å²) in [6, 6.07) is 15.4. The first-order valence-corrected chi connectivity index (χ1v) is 15.2. The van der Waals surface area contributed by atoms with Crippen molar-refractivity contribution in [2.45, 2.75) is 78.6 Å². The highest BCUT2D eigenvalue weighted by Crippen LogP contribution is 2.62. The third-order valence-electron chi connectivity index (χ3n) is 11.2. The van der Waals surface area contributed by atoms with E-state index in [9.17, 15) is 0 Å². The standard InChI is InChI=1S/C37H38N6/c1-34(2,3)33-41-31-21(11-10-12-29(31)42-27-13-15-38-19-22(27)23-20-39-16-14-28(23)42)32-40-26-17-24-25(18-30(26)43(32)33)36(6,7)37(8,9)35(24,4)5/h10-20H,1-9H3. The molecule has 0 saturated heterocycles. The van der Waals surface area contributed by atoms with Crippen LogP contribution in [0, 0.1) is 5.41 Å². The van der Waals surface area contributed by atoms with Gasteiger partial charge < -0.3 is 4.57 Å². The highest BCUT2D eigenvalue weighted by atomic mass is 15.1. The zero-order valence-electron chi connectivity index (χ0n) is 26.5. The van der Waals surface area contributed by atoms with Gasteiger partial charge in [-0.15, -0.1) is 0 Å². The summed E-state index contributed by atoms with van der Waals surface area (Å²) >= 11 is 0. The SMILES string of the molecule is CC(C)(C)c1nc2c(-n3c4ccncc4c4cnccc43)cccc2c2nc3cc4c(cc3n12)C(C)(C)C(C)(C)C4(C)C. The maximum Gasteiger partial charge on any atom is 0.148 e. The molecule has 0 spiro atoms. The monoisotopic (exact) mass is 566 g/mol. The molecule has 5 heterocycles. The van der Waals surface area contributed by atoms with Gasteiger partial charge in [0.1, 0.15) is 17.0 Å². The second-order valence-electron chi connectivity index (χ2n) is 15.0. The Hall–Kier alpha value is -4.32. The zero-order chi connectivity index (χ0) is 30.3. The van der Waals surface area contributed by atoms with Crippen LogP contribution >= 0.6 is 0 Å². The fourth-order valence-electron chi connectivity index (χ4n) is 7.64. The highest BCUT2D eigenvalue weighted by Gasteiger charge is 2.57. The smallest absolute Gasteiger partial charge is 0.148 e. The molecular formula is C37H38N6. The minimum atomic E-state index is -0.227. The van der Waals surface area contributed by atoms with Crippen LogP contribution in [0.4, 0.5) is 0 Å². The van der Waals surface area contributed by atoms with Crippen LogP contribution in [0.25, 0.3) is 55.1 Å². The number of benzene rings is 2. The Balaban J connectivity index is 1.53. The fourth-order valence-corrected chi connectivity index (χ4v) is 7.64. The van der Waals surface area contributed by atoms with Crippen molar-refractivity contribution in [3.05, 3.63) is 84.2 Å². The molecule has 6 heteroatoms. The van der Waals surface area contributed by atoms with Gasteiger partial charge >= 0.3 is 0 Å². The summed E-state index contributed by atoms with van der Waals surface area (Å²) in [5.41, 5.74) is 9.94. The van der Waals surface area contributed by atoms with Gasteiger partial charge in [0.25, 0.3) is 0 Å². The average Bonchev–Trinajstić information content (AvgIpc) is 3.53. The van der Waals surface area contributed by atoms with Gasteiger partial charge in [0.05, 0.1) is 27.8 Å². The summed E-state index contributed by atoms with van der Waals surface area (Å²) in [5.74, 6) is 1.00. The third kappa shape index (κ3) is 3.14. The van der Waals surface area contributed by atoms with E-state index in [1.54, 1.807) is 0 Å². The van der Waals surface area contributed by atoms with Crippen LogP contribution < -0.4 is 0 Å². The molecule has 0 radical (unpaired) electrons. The van der Waals surface area contributed by atoms with Crippen molar-refractivity contribution >= 4 is 49.4 Å². The Labute approximate surface area is 251 Å². The molecule has 0 N–H and O–H groups in total. The van der Waals surface area contributed by atoms with Crippen molar-refractivity contribution in [2.75, 3.05) is 0 Å². The fraction of sp³-hybridized carbons (Fsp3) is 0.351. The number of pyridine rings is 2. The Kier molecular flexibility index (Phi) is 4.89. The van der Waals surface area contributed by atoms with Crippen LogP contribution in [-0.4, -0.2) is 28.9 Å². The molecule has 2 aromatic carbocycles. The molecule has 6 nitrogen and oxygen atoms in total. The molecule has 0 fully saturated rings. The first-order valence-electron chi connectivity index (χ1n) is 15.2. The van der Waals surface area contributed by atoms with Crippen molar-refractivity contribution < 1.29 is 0 Å². The van der Waals surface area contributed by atoms with Gasteiger partial charge in [-0.2, -0.15) is 0 Å². The molecule has 0 aliphatic heterocycles. The van der Waals surface area contributed by atoms with Crippen LogP contribution in [0.3, 0.4) is 0 Å². The first kappa shape index (κ1) is 26.3. The Morgan fingerprint density at radius 2 is 1.28 bits per heavy atom. The molecule has 8 rings (SSSR count). The van der Waals surface area contributed by atoms with Crippen molar-refractivity contribution in [3.8, 4) is 5.69 Å². The van der Waals surface area contributed by atoms with E-state index in [2.05, 4.69) is 124 Å². The molecule has 7 aromatic rings. The van der Waals surface area contributed by atoms with E-state index in [1.807, 2.05) is 24.8 Å². The van der Waals surface area contributed by atoms with Crippen LogP contribution in [0.5, 0.6) is 0 Å². The van der Waals surface area contributed by atoms with E-state index in [-0.39, 0.29) is 21.7 Å².